The monoisotopic (exact) mass is 253 g/mol. The maximum Gasteiger partial charge on any atom is 0.119 e. The molecule has 2 nitrogen and oxygen atoms in total. The number of hydrogen-bond donors (Lipinski definition) is 1. The van der Waals surface area contributed by atoms with Crippen LogP contribution in [0.25, 0.3) is 0 Å². The Balaban J connectivity index is 2.04. The van der Waals surface area contributed by atoms with Crippen molar-refractivity contribution < 1.29 is 4.74 Å². The van der Waals surface area contributed by atoms with Gasteiger partial charge in [-0.25, -0.2) is 0 Å². The first-order valence-electron chi connectivity index (χ1n) is 7.80. The fraction of sp³-hybridized carbons (Fsp3) is 1.00. The van der Waals surface area contributed by atoms with E-state index in [9.17, 15) is 0 Å². The maximum atomic E-state index is 6.28. The Morgan fingerprint density at radius 3 is 2.33 bits per heavy atom. The molecule has 0 amide bonds. The van der Waals surface area contributed by atoms with Gasteiger partial charge in [0, 0.05) is 11.5 Å². The lowest BCUT2D eigenvalue weighted by Gasteiger charge is -2.53. The molecule has 2 rings (SSSR count). The summed E-state index contributed by atoms with van der Waals surface area (Å²) in [5, 5.41) is 3.88. The predicted molar refractivity (Wildman–Crippen MR) is 76.5 cm³/mol. The first-order chi connectivity index (χ1) is 8.38. The number of ether oxygens (including phenoxy) is 1. The summed E-state index contributed by atoms with van der Waals surface area (Å²) in [6.07, 6.45) is 6.38. The van der Waals surface area contributed by atoms with Crippen LogP contribution in [-0.4, -0.2) is 18.4 Å². The van der Waals surface area contributed by atoms with E-state index in [-0.39, 0.29) is 11.1 Å². The third kappa shape index (κ3) is 2.75. The van der Waals surface area contributed by atoms with E-state index in [1.807, 2.05) is 0 Å². The van der Waals surface area contributed by atoms with Crippen LogP contribution in [0.3, 0.4) is 0 Å². The summed E-state index contributed by atoms with van der Waals surface area (Å²) in [4.78, 5) is 0. The van der Waals surface area contributed by atoms with Crippen LogP contribution >= 0.6 is 0 Å². The van der Waals surface area contributed by atoms with E-state index in [2.05, 4.69) is 39.9 Å². The van der Waals surface area contributed by atoms with Crippen molar-refractivity contribution in [2.24, 2.45) is 17.3 Å². The summed E-state index contributed by atoms with van der Waals surface area (Å²) in [5.41, 5.74) is 0.247. The molecule has 1 unspecified atom stereocenters. The van der Waals surface area contributed by atoms with Crippen LogP contribution in [0.15, 0.2) is 0 Å². The van der Waals surface area contributed by atoms with E-state index in [0.29, 0.717) is 12.0 Å². The minimum absolute atomic E-state index is 0.00384. The minimum atomic E-state index is -0.00384. The van der Waals surface area contributed by atoms with Crippen LogP contribution < -0.4 is 5.32 Å². The van der Waals surface area contributed by atoms with E-state index in [0.717, 1.165) is 12.5 Å². The first kappa shape index (κ1) is 14.3. The molecule has 0 aromatic rings. The van der Waals surface area contributed by atoms with Gasteiger partial charge in [0.05, 0.1) is 6.61 Å². The fourth-order valence-corrected chi connectivity index (χ4v) is 3.84. The summed E-state index contributed by atoms with van der Waals surface area (Å²) >= 11 is 0. The molecule has 1 aliphatic carbocycles. The van der Waals surface area contributed by atoms with Gasteiger partial charge in [-0.2, -0.15) is 0 Å². The third-order valence-electron chi connectivity index (χ3n) is 5.14. The van der Waals surface area contributed by atoms with Crippen LogP contribution in [0, 0.1) is 17.3 Å². The Morgan fingerprint density at radius 2 is 1.83 bits per heavy atom. The molecule has 2 fully saturated rings. The molecule has 106 valence electrons. The Kier molecular flexibility index (Phi) is 4.08. The predicted octanol–water partition coefficient (Wildman–Crippen LogP) is 3.95. The van der Waals surface area contributed by atoms with Crippen molar-refractivity contribution in [3.05, 3.63) is 0 Å². The van der Waals surface area contributed by atoms with Gasteiger partial charge in [-0.05, 0) is 37.5 Å². The van der Waals surface area contributed by atoms with Crippen molar-refractivity contribution in [1.29, 1.82) is 0 Å². The second kappa shape index (κ2) is 5.13. The zero-order valence-electron chi connectivity index (χ0n) is 12.9. The van der Waals surface area contributed by atoms with Crippen molar-refractivity contribution in [2.45, 2.75) is 78.5 Å². The van der Waals surface area contributed by atoms with Crippen LogP contribution in [0.5, 0.6) is 0 Å². The zero-order chi connectivity index (χ0) is 13.4. The highest BCUT2D eigenvalue weighted by Gasteiger charge is 2.47. The summed E-state index contributed by atoms with van der Waals surface area (Å²) in [5.74, 6) is 1.60. The third-order valence-corrected chi connectivity index (χ3v) is 5.14. The Labute approximate surface area is 113 Å². The quantitative estimate of drug-likeness (QED) is 0.804. The van der Waals surface area contributed by atoms with Crippen molar-refractivity contribution in [1.82, 2.24) is 5.32 Å². The van der Waals surface area contributed by atoms with E-state index < -0.39 is 0 Å². The molecule has 1 aliphatic heterocycles. The molecule has 0 aromatic carbocycles. The molecule has 1 N–H and O–H groups in total. The van der Waals surface area contributed by atoms with E-state index >= 15 is 0 Å². The lowest BCUT2D eigenvalue weighted by atomic mass is 9.74. The van der Waals surface area contributed by atoms with Crippen molar-refractivity contribution in [3.8, 4) is 0 Å². The highest BCUT2D eigenvalue weighted by Crippen LogP contribution is 2.41. The molecule has 0 aromatic heterocycles. The average Bonchev–Trinajstić information content (AvgIpc) is 2.33. The largest absolute Gasteiger partial charge is 0.360 e. The second-order valence-corrected chi connectivity index (χ2v) is 7.49. The van der Waals surface area contributed by atoms with Crippen LogP contribution in [-0.2, 0) is 4.74 Å². The smallest absolute Gasteiger partial charge is 0.119 e. The van der Waals surface area contributed by atoms with Crippen molar-refractivity contribution >= 4 is 0 Å². The average molecular weight is 253 g/mol. The van der Waals surface area contributed by atoms with Gasteiger partial charge in [-0.15, -0.1) is 0 Å². The molecule has 1 spiro atoms. The summed E-state index contributed by atoms with van der Waals surface area (Å²) in [7, 11) is 0. The van der Waals surface area contributed by atoms with Crippen LogP contribution in [0.4, 0.5) is 0 Å². The van der Waals surface area contributed by atoms with Gasteiger partial charge >= 0.3 is 0 Å². The number of hydrogen-bond acceptors (Lipinski definition) is 2. The molecular weight excluding hydrogens is 222 g/mol. The summed E-state index contributed by atoms with van der Waals surface area (Å²) < 4.78 is 6.28. The second-order valence-electron chi connectivity index (χ2n) is 7.49. The van der Waals surface area contributed by atoms with Crippen molar-refractivity contribution in [2.75, 3.05) is 6.61 Å². The summed E-state index contributed by atoms with van der Waals surface area (Å²) in [6, 6.07) is 0.574. The van der Waals surface area contributed by atoms with Gasteiger partial charge < -0.3 is 4.74 Å². The van der Waals surface area contributed by atoms with Gasteiger partial charge in [0.2, 0.25) is 0 Å². The normalized spacial score (nSPS) is 40.3. The lowest BCUT2D eigenvalue weighted by Crippen LogP contribution is -2.65. The Morgan fingerprint density at radius 1 is 1.22 bits per heavy atom. The molecule has 1 saturated carbocycles. The Bertz CT molecular complexity index is 277. The summed E-state index contributed by atoms with van der Waals surface area (Å²) in [6.45, 7) is 12.5. The highest BCUT2D eigenvalue weighted by molar-refractivity contribution is 4.98. The molecule has 2 aliphatic rings. The van der Waals surface area contributed by atoms with E-state index in [4.69, 9.17) is 4.74 Å². The fourth-order valence-electron chi connectivity index (χ4n) is 3.84. The van der Waals surface area contributed by atoms with Gasteiger partial charge in [0.15, 0.2) is 0 Å². The van der Waals surface area contributed by atoms with E-state index in [1.165, 1.54) is 32.1 Å². The van der Waals surface area contributed by atoms with Crippen molar-refractivity contribution in [3.63, 3.8) is 0 Å². The van der Waals surface area contributed by atoms with Gasteiger partial charge in [-0.1, -0.05) is 41.0 Å². The first-order valence-corrected chi connectivity index (χ1v) is 7.80. The molecule has 2 heteroatoms. The minimum Gasteiger partial charge on any atom is -0.360 e. The van der Waals surface area contributed by atoms with Gasteiger partial charge in [0.25, 0.3) is 0 Å². The van der Waals surface area contributed by atoms with E-state index in [1.54, 1.807) is 0 Å². The zero-order valence-corrected chi connectivity index (χ0v) is 12.9. The highest BCUT2D eigenvalue weighted by atomic mass is 16.5. The SMILES string of the molecule is CCC1CCC2(CC1)NC(C(C)C)C(C)(C)CO2. The number of nitrogens with one attached hydrogen (secondary N) is 1. The molecule has 0 bridgehead atoms. The topological polar surface area (TPSA) is 21.3 Å². The molecular formula is C16H31NO. The van der Waals surface area contributed by atoms with Gasteiger partial charge in [0.1, 0.15) is 5.72 Å². The number of rotatable bonds is 2. The molecule has 18 heavy (non-hydrogen) atoms. The molecule has 0 radical (unpaired) electrons. The van der Waals surface area contributed by atoms with Gasteiger partial charge in [-0.3, -0.25) is 5.32 Å². The lowest BCUT2D eigenvalue weighted by molar-refractivity contribution is -0.183. The molecule has 1 saturated heterocycles. The molecule has 1 atom stereocenters. The standard InChI is InChI=1S/C16H31NO/c1-6-13-7-9-16(10-8-13)17-14(12(2)3)15(4,5)11-18-16/h12-14,17H,6-11H2,1-5H3. The molecule has 1 heterocycles. The maximum absolute atomic E-state index is 6.28. The Hall–Kier alpha value is -0.0800. The van der Waals surface area contributed by atoms with Crippen LogP contribution in [0.1, 0.15) is 66.7 Å². The van der Waals surface area contributed by atoms with Crippen LogP contribution in [0.2, 0.25) is 0 Å².